The van der Waals surface area contributed by atoms with Crippen LogP contribution in [0.25, 0.3) is 0 Å². The predicted molar refractivity (Wildman–Crippen MR) is 144 cm³/mol. The summed E-state index contributed by atoms with van der Waals surface area (Å²) in [5, 5.41) is 19.0. The number of benzene rings is 2. The minimum absolute atomic E-state index is 0. The van der Waals surface area contributed by atoms with Crippen LogP contribution in [0.4, 0.5) is 0 Å². The number of likely N-dealkylation sites (tertiary alicyclic amines) is 1. The number of rotatable bonds is 8. The Bertz CT molecular complexity index is 868. The number of phenols is 1. The molecule has 1 atom stereocenters. The zero-order valence-corrected chi connectivity index (χ0v) is 21.8. The molecule has 1 fully saturated rings. The summed E-state index contributed by atoms with van der Waals surface area (Å²) in [4.78, 5) is 19.3. The van der Waals surface area contributed by atoms with E-state index in [0.717, 1.165) is 38.4 Å². The van der Waals surface area contributed by atoms with Gasteiger partial charge in [0.15, 0.2) is 5.96 Å². The van der Waals surface area contributed by atoms with E-state index in [1.165, 1.54) is 17.7 Å². The lowest BCUT2D eigenvalue weighted by atomic mass is 10.0. The number of nitrogens with zero attached hydrogens (tertiary/aromatic N) is 2. The first-order valence-corrected chi connectivity index (χ1v) is 11.5. The van der Waals surface area contributed by atoms with Crippen molar-refractivity contribution in [2.75, 3.05) is 32.7 Å². The van der Waals surface area contributed by atoms with Gasteiger partial charge >= 0.3 is 0 Å². The van der Waals surface area contributed by atoms with Crippen LogP contribution in [0.15, 0.2) is 59.6 Å². The second-order valence-electron chi connectivity index (χ2n) is 8.10. The number of phenolic OH excluding ortho intramolecular Hbond substituents is 1. The number of halogens is 1. The molecule has 1 amide bonds. The van der Waals surface area contributed by atoms with E-state index in [9.17, 15) is 9.90 Å². The van der Waals surface area contributed by atoms with Crippen molar-refractivity contribution in [3.8, 4) is 5.75 Å². The highest BCUT2D eigenvalue weighted by atomic mass is 127. The zero-order valence-electron chi connectivity index (χ0n) is 19.5. The molecule has 0 saturated carbocycles. The molecule has 1 heterocycles. The summed E-state index contributed by atoms with van der Waals surface area (Å²) in [6.45, 7) is 8.16. The van der Waals surface area contributed by atoms with Gasteiger partial charge in [-0.05, 0) is 56.5 Å². The Morgan fingerprint density at radius 1 is 1.09 bits per heavy atom. The Morgan fingerprint density at radius 3 is 2.39 bits per heavy atom. The normalized spacial score (nSPS) is 15.9. The maximum Gasteiger partial charge on any atom is 0.251 e. The van der Waals surface area contributed by atoms with Crippen LogP contribution in [0.1, 0.15) is 48.7 Å². The van der Waals surface area contributed by atoms with E-state index in [-0.39, 0.29) is 35.6 Å². The van der Waals surface area contributed by atoms with Crippen LogP contribution >= 0.6 is 24.0 Å². The third-order valence-corrected chi connectivity index (χ3v) is 5.84. The monoisotopic (exact) mass is 565 g/mol. The molecule has 0 spiro atoms. The Hall–Kier alpha value is -2.33. The topological polar surface area (TPSA) is 89.0 Å². The summed E-state index contributed by atoms with van der Waals surface area (Å²) < 4.78 is 0. The first-order valence-electron chi connectivity index (χ1n) is 11.5. The number of guanidine groups is 1. The van der Waals surface area contributed by atoms with Gasteiger partial charge in [-0.2, -0.15) is 0 Å². The molecular weight excluding hydrogens is 529 g/mol. The molecule has 1 unspecified atom stereocenters. The number of nitrogens with one attached hydrogen (secondary N) is 3. The summed E-state index contributed by atoms with van der Waals surface area (Å²) in [7, 11) is 0. The quantitative estimate of drug-likeness (QED) is 0.170. The number of piperidine rings is 1. The maximum absolute atomic E-state index is 12.2. The molecule has 0 aliphatic carbocycles. The lowest BCUT2D eigenvalue weighted by molar-refractivity contribution is 0.0954. The molecule has 8 heteroatoms. The number of aliphatic imine (C=N–C) groups is 1. The molecule has 7 nitrogen and oxygen atoms in total. The van der Waals surface area contributed by atoms with Crippen LogP contribution in [-0.2, 0) is 0 Å². The highest BCUT2D eigenvalue weighted by molar-refractivity contribution is 14.0. The van der Waals surface area contributed by atoms with E-state index in [0.29, 0.717) is 30.7 Å². The van der Waals surface area contributed by atoms with Crippen molar-refractivity contribution in [2.45, 2.75) is 38.8 Å². The van der Waals surface area contributed by atoms with Crippen LogP contribution in [0, 0.1) is 0 Å². The average molecular weight is 566 g/mol. The summed E-state index contributed by atoms with van der Waals surface area (Å²) in [6.07, 6.45) is 2.14. The second kappa shape index (κ2) is 14.0. The van der Waals surface area contributed by atoms with Crippen LogP contribution in [0.5, 0.6) is 5.75 Å². The van der Waals surface area contributed by atoms with Crippen LogP contribution in [0.3, 0.4) is 0 Å². The van der Waals surface area contributed by atoms with E-state index >= 15 is 0 Å². The molecule has 2 aromatic carbocycles. The van der Waals surface area contributed by atoms with Gasteiger partial charge in [-0.25, -0.2) is 0 Å². The summed E-state index contributed by atoms with van der Waals surface area (Å²) in [5.41, 5.74) is 1.89. The van der Waals surface area contributed by atoms with Crippen molar-refractivity contribution < 1.29 is 9.90 Å². The van der Waals surface area contributed by atoms with Gasteiger partial charge in [-0.15, -0.1) is 24.0 Å². The van der Waals surface area contributed by atoms with E-state index in [4.69, 9.17) is 0 Å². The molecule has 3 rings (SSSR count). The minimum atomic E-state index is -0.168. The van der Waals surface area contributed by atoms with Gasteiger partial charge in [0, 0.05) is 43.8 Å². The smallest absolute Gasteiger partial charge is 0.251 e. The molecule has 1 aliphatic heterocycles. The number of aromatic hydroxyl groups is 1. The van der Waals surface area contributed by atoms with Crippen molar-refractivity contribution in [1.29, 1.82) is 0 Å². The summed E-state index contributed by atoms with van der Waals surface area (Å²) in [5.74, 6) is 0.770. The van der Waals surface area contributed by atoms with E-state index in [1.54, 1.807) is 12.1 Å². The molecule has 1 saturated heterocycles. The van der Waals surface area contributed by atoms with Gasteiger partial charge in [-0.1, -0.05) is 30.3 Å². The minimum Gasteiger partial charge on any atom is -0.508 e. The number of carbonyl (C=O) groups excluding carboxylic acids is 1. The van der Waals surface area contributed by atoms with Gasteiger partial charge < -0.3 is 21.1 Å². The SMILES string of the molecule is CCNC(=NCCNC(=O)c1ccc(O)cc1)NC1CCN(C(C)c2ccccc2)CC1.I. The molecule has 0 bridgehead atoms. The lowest BCUT2D eigenvalue weighted by Gasteiger charge is -2.37. The summed E-state index contributed by atoms with van der Waals surface area (Å²) >= 11 is 0. The van der Waals surface area contributed by atoms with Gasteiger partial charge in [0.2, 0.25) is 0 Å². The first-order chi connectivity index (χ1) is 15.6. The fraction of sp³-hybridized carbons (Fsp3) is 0.440. The summed E-state index contributed by atoms with van der Waals surface area (Å²) in [6, 6.07) is 17.7. The highest BCUT2D eigenvalue weighted by Gasteiger charge is 2.24. The third kappa shape index (κ3) is 8.51. The fourth-order valence-electron chi connectivity index (χ4n) is 3.94. The largest absolute Gasteiger partial charge is 0.508 e. The number of hydrogen-bond acceptors (Lipinski definition) is 4. The molecule has 33 heavy (non-hydrogen) atoms. The van der Waals surface area contributed by atoms with Crippen molar-refractivity contribution in [3.05, 3.63) is 65.7 Å². The number of amides is 1. The Labute approximate surface area is 214 Å². The standard InChI is InChI=1S/C25H35N5O2.HI/c1-3-26-25(28-16-15-27-24(32)21-9-11-23(31)12-10-21)29-22-13-17-30(18-14-22)19(2)20-7-5-4-6-8-20;/h4-12,19,22,31H,3,13-18H2,1-2H3,(H,27,32)(H2,26,28,29);1H. The first kappa shape index (κ1) is 26.9. The van der Waals surface area contributed by atoms with Gasteiger partial charge in [0.25, 0.3) is 5.91 Å². The fourth-order valence-corrected chi connectivity index (χ4v) is 3.94. The predicted octanol–water partition coefficient (Wildman–Crippen LogP) is 3.52. The van der Waals surface area contributed by atoms with Crippen molar-refractivity contribution in [2.24, 2.45) is 4.99 Å². The number of hydrogen-bond donors (Lipinski definition) is 4. The van der Waals surface area contributed by atoms with E-state index in [2.05, 4.69) is 63.1 Å². The highest BCUT2D eigenvalue weighted by Crippen LogP contribution is 2.23. The van der Waals surface area contributed by atoms with Crippen LogP contribution in [0.2, 0.25) is 0 Å². The Morgan fingerprint density at radius 2 is 1.76 bits per heavy atom. The molecular formula is C25H36IN5O2. The second-order valence-corrected chi connectivity index (χ2v) is 8.10. The Kier molecular flexibility index (Phi) is 11.5. The molecule has 4 N–H and O–H groups in total. The van der Waals surface area contributed by atoms with Gasteiger partial charge in [0.1, 0.15) is 5.75 Å². The number of carbonyl (C=O) groups is 1. The molecule has 2 aromatic rings. The van der Waals surface area contributed by atoms with Crippen molar-refractivity contribution in [1.82, 2.24) is 20.9 Å². The van der Waals surface area contributed by atoms with Crippen LogP contribution in [-0.4, -0.2) is 60.6 Å². The molecule has 1 aliphatic rings. The third-order valence-electron chi connectivity index (χ3n) is 5.84. The van der Waals surface area contributed by atoms with Gasteiger partial charge in [-0.3, -0.25) is 14.7 Å². The van der Waals surface area contributed by atoms with E-state index < -0.39 is 0 Å². The molecule has 180 valence electrons. The average Bonchev–Trinajstić information content (AvgIpc) is 2.83. The van der Waals surface area contributed by atoms with Crippen molar-refractivity contribution >= 4 is 35.8 Å². The van der Waals surface area contributed by atoms with Crippen molar-refractivity contribution in [3.63, 3.8) is 0 Å². The molecule has 0 radical (unpaired) electrons. The lowest BCUT2D eigenvalue weighted by Crippen LogP contribution is -2.49. The van der Waals surface area contributed by atoms with Gasteiger partial charge in [0.05, 0.1) is 6.54 Å². The van der Waals surface area contributed by atoms with Crippen LogP contribution < -0.4 is 16.0 Å². The zero-order chi connectivity index (χ0) is 22.8. The Balaban J connectivity index is 0.00000385. The van der Waals surface area contributed by atoms with E-state index in [1.807, 2.05) is 6.92 Å². The molecule has 0 aromatic heterocycles. The maximum atomic E-state index is 12.2.